The second-order valence-corrected chi connectivity index (χ2v) is 6.35. The van der Waals surface area contributed by atoms with Gasteiger partial charge in [-0.1, -0.05) is 0 Å². The van der Waals surface area contributed by atoms with Crippen molar-refractivity contribution in [1.82, 2.24) is 14.6 Å². The average Bonchev–Trinajstić information content (AvgIpc) is 2.92. The molecule has 0 aromatic carbocycles. The van der Waals surface area contributed by atoms with E-state index in [1.807, 2.05) is 0 Å². The van der Waals surface area contributed by atoms with E-state index in [9.17, 15) is 13.2 Å². The highest BCUT2D eigenvalue weighted by molar-refractivity contribution is 7.89. The van der Waals surface area contributed by atoms with Crippen LogP contribution in [0.2, 0.25) is 0 Å². The Labute approximate surface area is 117 Å². The molecule has 1 aromatic rings. The Kier molecular flexibility index (Phi) is 4.69. The van der Waals surface area contributed by atoms with Gasteiger partial charge in [-0.2, -0.15) is 0 Å². The van der Waals surface area contributed by atoms with Crippen molar-refractivity contribution in [2.45, 2.75) is 17.9 Å². The lowest BCUT2D eigenvalue weighted by molar-refractivity contribution is 0.0696. The number of carboxylic acids is 1. The van der Waals surface area contributed by atoms with Gasteiger partial charge in [0.25, 0.3) is 10.0 Å². The van der Waals surface area contributed by atoms with Crippen LogP contribution in [0.3, 0.4) is 0 Å². The predicted molar refractivity (Wildman–Crippen MR) is 72.1 cm³/mol. The molecule has 2 rings (SSSR count). The van der Waals surface area contributed by atoms with Gasteiger partial charge in [-0.05, 0) is 38.1 Å². The summed E-state index contributed by atoms with van der Waals surface area (Å²) in [4.78, 5) is 16.5. The number of likely N-dealkylation sites (tertiary alicyclic amines) is 1. The van der Waals surface area contributed by atoms with Gasteiger partial charge in [-0.25, -0.2) is 22.9 Å². The molecule has 0 bridgehead atoms. The molecular weight excluding hydrogens is 282 g/mol. The summed E-state index contributed by atoms with van der Waals surface area (Å²) in [7, 11) is -3.68. The Balaban J connectivity index is 1.93. The molecule has 2 N–H and O–H groups in total. The van der Waals surface area contributed by atoms with E-state index in [1.165, 1.54) is 12.1 Å². The lowest BCUT2D eigenvalue weighted by Gasteiger charge is -2.14. The minimum Gasteiger partial charge on any atom is -0.478 e. The average molecular weight is 299 g/mol. The Morgan fingerprint density at radius 1 is 1.35 bits per heavy atom. The zero-order chi connectivity index (χ0) is 14.6. The van der Waals surface area contributed by atoms with E-state index in [0.717, 1.165) is 32.1 Å². The third kappa shape index (κ3) is 3.75. The lowest BCUT2D eigenvalue weighted by atomic mass is 10.3. The Morgan fingerprint density at radius 2 is 2.05 bits per heavy atom. The standard InChI is InChI=1S/C12H17N3O4S/c16-12(17)10-3-4-11(13-9-10)20(18,19)14-5-8-15-6-1-2-7-15/h3-4,9,14H,1-2,5-8H2,(H,16,17). The zero-order valence-electron chi connectivity index (χ0n) is 10.9. The van der Waals surface area contributed by atoms with Crippen LogP contribution >= 0.6 is 0 Å². The molecule has 1 aromatic heterocycles. The molecule has 110 valence electrons. The van der Waals surface area contributed by atoms with Crippen molar-refractivity contribution in [2.24, 2.45) is 0 Å². The third-order valence-electron chi connectivity index (χ3n) is 3.18. The van der Waals surface area contributed by atoms with Crippen molar-refractivity contribution in [3.63, 3.8) is 0 Å². The first kappa shape index (κ1) is 14.9. The molecule has 0 amide bonds. The molecule has 1 aliphatic heterocycles. The fraction of sp³-hybridized carbons (Fsp3) is 0.500. The monoisotopic (exact) mass is 299 g/mol. The van der Waals surface area contributed by atoms with E-state index in [1.54, 1.807) is 0 Å². The zero-order valence-corrected chi connectivity index (χ0v) is 11.8. The number of hydrogen-bond donors (Lipinski definition) is 2. The van der Waals surface area contributed by atoms with Crippen LogP contribution in [0.5, 0.6) is 0 Å². The highest BCUT2D eigenvalue weighted by Crippen LogP contribution is 2.08. The summed E-state index contributed by atoms with van der Waals surface area (Å²) in [5.74, 6) is -1.14. The first-order valence-electron chi connectivity index (χ1n) is 6.40. The van der Waals surface area contributed by atoms with Crippen molar-refractivity contribution in [1.29, 1.82) is 0 Å². The molecular formula is C12H17N3O4S. The van der Waals surface area contributed by atoms with E-state index in [0.29, 0.717) is 13.1 Å². The van der Waals surface area contributed by atoms with Crippen LogP contribution in [0.15, 0.2) is 23.4 Å². The first-order chi connectivity index (χ1) is 9.49. The molecule has 0 spiro atoms. The fourth-order valence-corrected chi connectivity index (χ4v) is 3.03. The SMILES string of the molecule is O=C(O)c1ccc(S(=O)(=O)NCCN2CCCC2)nc1. The number of pyridine rings is 1. The number of sulfonamides is 1. The smallest absolute Gasteiger partial charge is 0.337 e. The minimum atomic E-state index is -3.68. The molecule has 8 heteroatoms. The number of carbonyl (C=O) groups is 1. The van der Waals surface area contributed by atoms with Crippen LogP contribution in [0.25, 0.3) is 0 Å². The largest absolute Gasteiger partial charge is 0.478 e. The van der Waals surface area contributed by atoms with Crippen molar-refractivity contribution >= 4 is 16.0 Å². The molecule has 0 unspecified atom stereocenters. The minimum absolute atomic E-state index is 0.0407. The van der Waals surface area contributed by atoms with Gasteiger partial charge in [-0.3, -0.25) is 0 Å². The summed E-state index contributed by atoms with van der Waals surface area (Å²) in [6.45, 7) is 3.01. The summed E-state index contributed by atoms with van der Waals surface area (Å²) in [5, 5.41) is 8.57. The molecule has 0 aliphatic carbocycles. The highest BCUT2D eigenvalue weighted by Gasteiger charge is 2.17. The topological polar surface area (TPSA) is 99.6 Å². The van der Waals surface area contributed by atoms with E-state index < -0.39 is 16.0 Å². The molecule has 0 saturated carbocycles. The van der Waals surface area contributed by atoms with E-state index in [4.69, 9.17) is 5.11 Å². The van der Waals surface area contributed by atoms with Crippen molar-refractivity contribution in [2.75, 3.05) is 26.2 Å². The maximum absolute atomic E-state index is 11.9. The van der Waals surface area contributed by atoms with E-state index >= 15 is 0 Å². The lowest BCUT2D eigenvalue weighted by Crippen LogP contribution is -2.33. The molecule has 1 aliphatic rings. The molecule has 7 nitrogen and oxygen atoms in total. The molecule has 0 radical (unpaired) electrons. The molecule has 20 heavy (non-hydrogen) atoms. The number of rotatable bonds is 6. The number of hydrogen-bond acceptors (Lipinski definition) is 5. The summed E-state index contributed by atoms with van der Waals surface area (Å²) in [6.07, 6.45) is 3.35. The summed E-state index contributed by atoms with van der Waals surface area (Å²) in [5.41, 5.74) is -0.0407. The van der Waals surface area contributed by atoms with Gasteiger partial charge in [-0.15, -0.1) is 0 Å². The number of aromatic nitrogens is 1. The highest BCUT2D eigenvalue weighted by atomic mass is 32.2. The van der Waals surface area contributed by atoms with Gasteiger partial charge in [0.15, 0.2) is 5.03 Å². The summed E-state index contributed by atoms with van der Waals surface area (Å²) in [6, 6.07) is 2.42. The predicted octanol–water partition coefficient (Wildman–Crippen LogP) is 0.154. The summed E-state index contributed by atoms with van der Waals surface area (Å²) < 4.78 is 26.4. The Bertz CT molecular complexity index is 565. The van der Waals surface area contributed by atoms with Gasteiger partial charge in [0, 0.05) is 19.3 Å². The van der Waals surface area contributed by atoms with Gasteiger partial charge in [0.1, 0.15) is 0 Å². The second-order valence-electron chi connectivity index (χ2n) is 4.64. The van der Waals surface area contributed by atoms with E-state index in [-0.39, 0.29) is 10.6 Å². The van der Waals surface area contributed by atoms with Crippen LogP contribution in [-0.4, -0.2) is 55.6 Å². The Hall–Kier alpha value is -1.51. The number of nitrogens with zero attached hydrogens (tertiary/aromatic N) is 2. The van der Waals surface area contributed by atoms with E-state index in [2.05, 4.69) is 14.6 Å². The molecule has 2 heterocycles. The van der Waals surface area contributed by atoms with Crippen LogP contribution < -0.4 is 4.72 Å². The van der Waals surface area contributed by atoms with Crippen molar-refractivity contribution in [3.8, 4) is 0 Å². The molecule has 0 atom stereocenters. The normalized spacial score (nSPS) is 16.4. The van der Waals surface area contributed by atoms with Crippen LogP contribution in [0.4, 0.5) is 0 Å². The van der Waals surface area contributed by atoms with Gasteiger partial charge in [0.05, 0.1) is 5.56 Å². The number of nitrogens with one attached hydrogen (secondary N) is 1. The van der Waals surface area contributed by atoms with Gasteiger partial charge < -0.3 is 10.0 Å². The third-order valence-corrected chi connectivity index (χ3v) is 4.55. The molecule has 1 fully saturated rings. The maximum Gasteiger partial charge on any atom is 0.337 e. The number of aromatic carboxylic acids is 1. The van der Waals surface area contributed by atoms with Crippen LogP contribution in [0, 0.1) is 0 Å². The van der Waals surface area contributed by atoms with Crippen LogP contribution in [0.1, 0.15) is 23.2 Å². The van der Waals surface area contributed by atoms with Crippen LogP contribution in [-0.2, 0) is 10.0 Å². The van der Waals surface area contributed by atoms with Crippen molar-refractivity contribution < 1.29 is 18.3 Å². The Morgan fingerprint density at radius 3 is 2.60 bits per heavy atom. The number of carboxylic acid groups (broad SMARTS) is 1. The van der Waals surface area contributed by atoms with Gasteiger partial charge >= 0.3 is 5.97 Å². The van der Waals surface area contributed by atoms with Crippen molar-refractivity contribution in [3.05, 3.63) is 23.9 Å². The second kappa shape index (κ2) is 6.29. The molecule has 1 saturated heterocycles. The quantitative estimate of drug-likeness (QED) is 0.776. The maximum atomic E-state index is 11.9. The van der Waals surface area contributed by atoms with Gasteiger partial charge in [0.2, 0.25) is 0 Å². The summed E-state index contributed by atoms with van der Waals surface area (Å²) >= 11 is 0. The first-order valence-corrected chi connectivity index (χ1v) is 7.89. The fourth-order valence-electron chi connectivity index (χ4n) is 2.08.